The second kappa shape index (κ2) is 14.8. The van der Waals surface area contributed by atoms with Gasteiger partial charge in [0.15, 0.2) is 0 Å². The number of amides is 2. The van der Waals surface area contributed by atoms with Gasteiger partial charge in [0, 0.05) is 29.7 Å². The maximum atomic E-state index is 14.0. The first kappa shape index (κ1) is 33.3. The topological polar surface area (TPSA) is 139 Å². The van der Waals surface area contributed by atoms with Crippen LogP contribution in [0.15, 0.2) is 71.6 Å². The zero-order valence-corrected chi connectivity index (χ0v) is 26.0. The van der Waals surface area contributed by atoms with Crippen LogP contribution in [0.4, 0.5) is 11.4 Å². The van der Waals surface area contributed by atoms with Crippen molar-refractivity contribution in [3.05, 3.63) is 93.0 Å². The molecule has 43 heavy (non-hydrogen) atoms. The van der Waals surface area contributed by atoms with Crippen molar-refractivity contribution >= 4 is 44.8 Å². The minimum absolute atomic E-state index is 0.00483. The van der Waals surface area contributed by atoms with E-state index in [4.69, 9.17) is 16.3 Å². The average molecular weight is 631 g/mol. The van der Waals surface area contributed by atoms with E-state index in [0.29, 0.717) is 22.9 Å². The number of methoxy groups -OCH3 is 1. The van der Waals surface area contributed by atoms with Crippen LogP contribution in [0.25, 0.3) is 0 Å². The fourth-order valence-corrected chi connectivity index (χ4v) is 5.82. The molecule has 0 aliphatic heterocycles. The molecule has 13 heteroatoms. The number of hydrogen-bond donors (Lipinski definition) is 1. The Balaban J connectivity index is 2.06. The Morgan fingerprint density at radius 3 is 2.30 bits per heavy atom. The second-order valence-corrected chi connectivity index (χ2v) is 12.2. The van der Waals surface area contributed by atoms with Crippen molar-refractivity contribution in [3.63, 3.8) is 0 Å². The van der Waals surface area contributed by atoms with E-state index in [1.807, 2.05) is 6.92 Å². The molecule has 3 aromatic rings. The van der Waals surface area contributed by atoms with E-state index in [-0.39, 0.29) is 34.3 Å². The number of carbonyl (C=O) groups is 2. The number of hydrogen-bond acceptors (Lipinski definition) is 7. The van der Waals surface area contributed by atoms with E-state index in [1.165, 1.54) is 55.3 Å². The molecule has 1 atom stereocenters. The van der Waals surface area contributed by atoms with Crippen LogP contribution < -0.4 is 14.4 Å². The molecule has 0 fully saturated rings. The van der Waals surface area contributed by atoms with Gasteiger partial charge >= 0.3 is 0 Å². The normalized spacial score (nSPS) is 11.8. The third kappa shape index (κ3) is 8.45. The highest BCUT2D eigenvalue weighted by atomic mass is 35.5. The summed E-state index contributed by atoms with van der Waals surface area (Å²) in [6.45, 7) is 4.82. The van der Waals surface area contributed by atoms with Crippen LogP contribution in [0.1, 0.15) is 37.8 Å². The smallest absolute Gasteiger partial charge is 0.273 e. The number of nitro benzene ring substituents is 1. The van der Waals surface area contributed by atoms with E-state index in [9.17, 15) is 28.1 Å². The number of halogens is 1. The van der Waals surface area contributed by atoms with Crippen LogP contribution in [0.3, 0.4) is 0 Å². The Kier molecular flexibility index (Phi) is 11.5. The number of ether oxygens (including phenoxy) is 1. The molecule has 0 heterocycles. The maximum absolute atomic E-state index is 14.0. The van der Waals surface area contributed by atoms with Crippen molar-refractivity contribution in [1.29, 1.82) is 0 Å². The summed E-state index contributed by atoms with van der Waals surface area (Å²) >= 11 is 6.03. The molecule has 0 aliphatic carbocycles. The zero-order valence-electron chi connectivity index (χ0n) is 24.4. The summed E-state index contributed by atoms with van der Waals surface area (Å²) in [5, 5.41) is 14.9. The van der Waals surface area contributed by atoms with Crippen molar-refractivity contribution in [2.24, 2.45) is 0 Å². The summed E-state index contributed by atoms with van der Waals surface area (Å²) < 4.78 is 34.1. The van der Waals surface area contributed by atoms with Crippen LogP contribution in [0, 0.1) is 17.0 Å². The first-order valence-electron chi connectivity index (χ1n) is 13.6. The highest BCUT2D eigenvalue weighted by molar-refractivity contribution is 7.92. The number of nitrogens with one attached hydrogen (secondary N) is 1. The standard InChI is InChI=1S/C30H35ClN4O7S/c1-5-6-17-32-30(37)22(3)33(19-23-8-10-24(31)11-9-23)29(36)20-34(25-12-14-26(42-4)15-13-25)43(40,41)27-16-7-21(2)28(18-27)35(38)39/h7-16,18,22H,5-6,17,19-20H2,1-4H3,(H,32,37)/t22-/m0/s1. The molecule has 11 nitrogen and oxygen atoms in total. The third-order valence-electron chi connectivity index (χ3n) is 6.87. The molecule has 0 aliphatic rings. The SMILES string of the molecule is CCCCNC(=O)[C@H](C)N(Cc1ccc(Cl)cc1)C(=O)CN(c1ccc(OC)cc1)S(=O)(=O)c1ccc(C)c([N+](=O)[O-])c1. The lowest BCUT2D eigenvalue weighted by Gasteiger charge is -2.32. The van der Waals surface area contributed by atoms with E-state index >= 15 is 0 Å². The van der Waals surface area contributed by atoms with Gasteiger partial charge in [0.1, 0.15) is 18.3 Å². The number of nitrogens with zero attached hydrogens (tertiary/aromatic N) is 3. The summed E-state index contributed by atoms with van der Waals surface area (Å²) in [4.78, 5) is 38.9. The fourth-order valence-electron chi connectivity index (χ4n) is 4.26. The van der Waals surface area contributed by atoms with Gasteiger partial charge < -0.3 is 15.0 Å². The predicted molar refractivity (Wildman–Crippen MR) is 165 cm³/mol. The lowest BCUT2D eigenvalue weighted by atomic mass is 10.1. The molecule has 0 aromatic heterocycles. The molecule has 3 aromatic carbocycles. The van der Waals surface area contributed by atoms with Crippen molar-refractivity contribution in [2.45, 2.75) is 51.1 Å². The Labute approximate surface area is 256 Å². The molecule has 0 bridgehead atoms. The minimum atomic E-state index is -4.49. The number of anilines is 1. The summed E-state index contributed by atoms with van der Waals surface area (Å²) in [5.41, 5.74) is 0.722. The Hall–Kier alpha value is -4.16. The number of aryl methyl sites for hydroxylation is 1. The number of benzene rings is 3. The van der Waals surface area contributed by atoms with Crippen LogP contribution >= 0.6 is 11.6 Å². The Bertz CT molecular complexity index is 1550. The largest absolute Gasteiger partial charge is 0.497 e. The highest BCUT2D eigenvalue weighted by Gasteiger charge is 2.33. The van der Waals surface area contributed by atoms with Crippen molar-refractivity contribution < 1.29 is 27.7 Å². The zero-order chi connectivity index (χ0) is 31.7. The van der Waals surface area contributed by atoms with Gasteiger partial charge in [-0.2, -0.15) is 0 Å². The van der Waals surface area contributed by atoms with Crippen LogP contribution in [-0.2, 0) is 26.2 Å². The number of unbranched alkanes of at least 4 members (excludes halogenated alkanes) is 1. The number of nitro groups is 1. The lowest BCUT2D eigenvalue weighted by Crippen LogP contribution is -2.51. The lowest BCUT2D eigenvalue weighted by molar-refractivity contribution is -0.385. The average Bonchev–Trinajstić information content (AvgIpc) is 2.99. The van der Waals surface area contributed by atoms with Crippen LogP contribution in [0.2, 0.25) is 5.02 Å². The number of sulfonamides is 1. The molecular formula is C30H35ClN4O7S. The van der Waals surface area contributed by atoms with Crippen LogP contribution in [-0.4, -0.2) is 56.3 Å². The molecule has 230 valence electrons. The Morgan fingerprint density at radius 1 is 1.07 bits per heavy atom. The molecule has 0 saturated heterocycles. The van der Waals surface area contributed by atoms with Gasteiger partial charge in [-0.3, -0.25) is 24.0 Å². The number of carbonyl (C=O) groups excluding carboxylic acids is 2. The van der Waals surface area contributed by atoms with Gasteiger partial charge in [-0.15, -0.1) is 0 Å². The number of rotatable bonds is 14. The monoisotopic (exact) mass is 630 g/mol. The van der Waals surface area contributed by atoms with Crippen LogP contribution in [0.5, 0.6) is 5.75 Å². The van der Waals surface area contributed by atoms with Crippen molar-refractivity contribution in [3.8, 4) is 5.75 Å². The van der Waals surface area contributed by atoms with Gasteiger partial charge in [0.05, 0.1) is 22.6 Å². The molecule has 0 radical (unpaired) electrons. The molecule has 0 spiro atoms. The van der Waals surface area contributed by atoms with Gasteiger partial charge in [-0.05, 0) is 68.3 Å². The van der Waals surface area contributed by atoms with Gasteiger partial charge in [-0.1, -0.05) is 43.1 Å². The summed E-state index contributed by atoms with van der Waals surface area (Å²) in [6, 6.07) is 15.4. The Morgan fingerprint density at radius 2 is 1.72 bits per heavy atom. The molecule has 0 saturated carbocycles. The van der Waals surface area contributed by atoms with E-state index in [0.717, 1.165) is 23.2 Å². The highest BCUT2D eigenvalue weighted by Crippen LogP contribution is 2.29. The van der Waals surface area contributed by atoms with Gasteiger partial charge in [0.2, 0.25) is 11.8 Å². The molecule has 1 N–H and O–H groups in total. The molecule has 0 unspecified atom stereocenters. The van der Waals surface area contributed by atoms with E-state index in [2.05, 4.69) is 5.32 Å². The summed E-state index contributed by atoms with van der Waals surface area (Å²) in [6.07, 6.45) is 1.63. The van der Waals surface area contributed by atoms with Crippen molar-refractivity contribution in [1.82, 2.24) is 10.2 Å². The van der Waals surface area contributed by atoms with Gasteiger partial charge in [0.25, 0.3) is 15.7 Å². The first-order chi connectivity index (χ1) is 20.4. The quantitative estimate of drug-likeness (QED) is 0.149. The maximum Gasteiger partial charge on any atom is 0.273 e. The molecule has 2 amide bonds. The first-order valence-corrected chi connectivity index (χ1v) is 15.4. The summed E-state index contributed by atoms with van der Waals surface area (Å²) in [5.74, 6) is -0.585. The van der Waals surface area contributed by atoms with Crippen molar-refractivity contribution in [2.75, 3.05) is 24.5 Å². The fraction of sp³-hybridized carbons (Fsp3) is 0.333. The van der Waals surface area contributed by atoms with E-state index < -0.39 is 33.4 Å². The van der Waals surface area contributed by atoms with E-state index in [1.54, 1.807) is 31.2 Å². The predicted octanol–water partition coefficient (Wildman–Crippen LogP) is 5.09. The van der Waals surface area contributed by atoms with Gasteiger partial charge in [-0.25, -0.2) is 8.42 Å². The minimum Gasteiger partial charge on any atom is -0.497 e. The molecule has 3 rings (SSSR count). The molecular weight excluding hydrogens is 596 g/mol. The summed E-state index contributed by atoms with van der Waals surface area (Å²) in [7, 11) is -3.04. The second-order valence-electron chi connectivity index (χ2n) is 9.88. The third-order valence-corrected chi connectivity index (χ3v) is 8.89.